The van der Waals surface area contributed by atoms with Gasteiger partial charge < -0.3 is 39.4 Å². The Balaban J connectivity index is 1.38. The molecule has 0 aromatic rings. The Morgan fingerprint density at radius 1 is 0.830 bits per heavy atom. The first kappa shape index (κ1) is 33.7. The number of ether oxygens (including phenoxy) is 4. The first-order chi connectivity index (χ1) is 21.7. The summed E-state index contributed by atoms with van der Waals surface area (Å²) in [6, 6.07) is -0.442. The lowest BCUT2D eigenvalue weighted by atomic mass is 9.48. The lowest BCUT2D eigenvalue weighted by Gasteiger charge is -2.68. The average molecular weight is 664 g/mol. The maximum atomic E-state index is 13.2. The van der Waals surface area contributed by atoms with Crippen LogP contribution in [0.1, 0.15) is 99.8 Å². The smallest absolute Gasteiger partial charge is 0.308 e. The number of carbonyl (C=O) groups excluding carboxylic acids is 3. The van der Waals surface area contributed by atoms with Gasteiger partial charge in [0.2, 0.25) is 0 Å². The fourth-order valence-electron chi connectivity index (χ4n) is 12.4. The molecule has 3 heterocycles. The first-order valence-electron chi connectivity index (χ1n) is 17.6. The Hall–Kier alpha value is -1.83. The maximum absolute atomic E-state index is 13.2. The van der Waals surface area contributed by atoms with Gasteiger partial charge in [0.15, 0.2) is 6.10 Å². The molecule has 7 aliphatic rings. The quantitative estimate of drug-likeness (QED) is 0.254. The van der Waals surface area contributed by atoms with Crippen molar-refractivity contribution in [2.45, 2.75) is 152 Å². The average Bonchev–Trinajstić information content (AvgIpc) is 3.13. The molecule has 1 spiro atoms. The summed E-state index contributed by atoms with van der Waals surface area (Å²) in [4.78, 5) is 40.4. The number of nitrogens with zero attached hydrogens (tertiary/aromatic N) is 1. The van der Waals surface area contributed by atoms with Gasteiger partial charge >= 0.3 is 17.9 Å². The van der Waals surface area contributed by atoms with Crippen molar-refractivity contribution in [2.75, 3.05) is 13.1 Å². The molecule has 0 amide bonds. The molecule has 0 aromatic heterocycles. The second-order valence-corrected chi connectivity index (χ2v) is 17.0. The molecule has 7 rings (SSSR count). The summed E-state index contributed by atoms with van der Waals surface area (Å²) in [7, 11) is 0. The van der Waals surface area contributed by atoms with E-state index >= 15 is 0 Å². The zero-order chi connectivity index (χ0) is 34.3. The van der Waals surface area contributed by atoms with E-state index in [1.807, 2.05) is 0 Å². The molecule has 4 aliphatic carbocycles. The molecule has 12 nitrogen and oxygen atoms in total. The van der Waals surface area contributed by atoms with Crippen molar-refractivity contribution in [1.82, 2.24) is 4.90 Å². The Morgan fingerprint density at radius 2 is 1.51 bits per heavy atom. The highest BCUT2D eigenvalue weighted by atomic mass is 16.8. The highest BCUT2D eigenvalue weighted by Crippen LogP contribution is 2.79. The van der Waals surface area contributed by atoms with E-state index in [1.165, 1.54) is 13.8 Å². The topological polar surface area (TPSA) is 172 Å². The number of carbonyl (C=O) groups is 3. The van der Waals surface area contributed by atoms with E-state index in [4.69, 9.17) is 18.9 Å². The summed E-state index contributed by atoms with van der Waals surface area (Å²) in [5.74, 6) is -5.64. The number of piperidine rings is 2. The largest absolute Gasteiger partial charge is 0.459 e. The van der Waals surface area contributed by atoms with Crippen molar-refractivity contribution >= 4 is 17.9 Å². The van der Waals surface area contributed by atoms with E-state index in [1.54, 1.807) is 20.8 Å². The van der Waals surface area contributed by atoms with Crippen molar-refractivity contribution in [1.29, 1.82) is 0 Å². The van der Waals surface area contributed by atoms with Crippen molar-refractivity contribution in [3.63, 3.8) is 0 Å². The molecule has 3 aliphatic heterocycles. The third kappa shape index (κ3) is 3.94. The second kappa shape index (κ2) is 10.1. The van der Waals surface area contributed by atoms with Gasteiger partial charge in [-0.2, -0.15) is 0 Å². The van der Waals surface area contributed by atoms with Gasteiger partial charge in [-0.25, -0.2) is 0 Å². The third-order valence-corrected chi connectivity index (χ3v) is 14.3. The molecule has 47 heavy (non-hydrogen) atoms. The van der Waals surface area contributed by atoms with E-state index in [-0.39, 0.29) is 19.4 Å². The molecule has 0 radical (unpaired) electrons. The lowest BCUT2D eigenvalue weighted by molar-refractivity contribution is -0.354. The number of esters is 3. The standard InChI is InChI=1S/C35H53NO11/c1-18(2)28(39)45-26-12-13-29(6)22-9-10-23-31(41)14-27(44-20(4)37)34(43)24(16-36-15-19(3)8-11-25(36)30(34,7)40)32(31,42)17-33(23,29)47-35(22,26)46-21(5)38/h18-19,22-27,40-43H,8-17H2,1-7H3/t19-,22-,23-,24-,25-,26-,27-,29-,30+,31+,32+,33+,34-,35-/m0/s1. The van der Waals surface area contributed by atoms with Crippen LogP contribution in [0.2, 0.25) is 0 Å². The maximum Gasteiger partial charge on any atom is 0.308 e. The van der Waals surface area contributed by atoms with Crippen molar-refractivity contribution in [3.05, 3.63) is 0 Å². The van der Waals surface area contributed by atoms with Crippen molar-refractivity contribution < 1.29 is 53.8 Å². The lowest BCUT2D eigenvalue weighted by Crippen LogP contribution is -2.85. The van der Waals surface area contributed by atoms with E-state index in [0.29, 0.717) is 44.6 Å². The summed E-state index contributed by atoms with van der Waals surface area (Å²) in [6.07, 6.45) is 0.590. The summed E-state index contributed by atoms with van der Waals surface area (Å²) in [6.45, 7) is 12.6. The zero-order valence-corrected chi connectivity index (χ0v) is 28.8. The number of rotatable bonds is 4. The van der Waals surface area contributed by atoms with E-state index < -0.39 is 99.0 Å². The van der Waals surface area contributed by atoms with Gasteiger partial charge in [-0.3, -0.25) is 19.3 Å². The second-order valence-electron chi connectivity index (χ2n) is 17.0. The normalized spacial score (nSPS) is 54.5. The Bertz CT molecular complexity index is 1370. The Labute approximate surface area is 276 Å². The van der Waals surface area contributed by atoms with E-state index in [9.17, 15) is 34.8 Å². The highest BCUT2D eigenvalue weighted by Gasteiger charge is 2.90. The van der Waals surface area contributed by atoms with Gasteiger partial charge in [0.05, 0.1) is 11.5 Å². The minimum absolute atomic E-state index is 0.105. The molecule has 7 fully saturated rings. The summed E-state index contributed by atoms with van der Waals surface area (Å²) < 4.78 is 25.1. The molecule has 4 N–H and O–H groups in total. The van der Waals surface area contributed by atoms with Crippen LogP contribution in [0, 0.1) is 35.0 Å². The Kier molecular flexibility index (Phi) is 7.25. The molecule has 4 saturated carbocycles. The number of aliphatic hydroxyl groups is 4. The van der Waals surface area contributed by atoms with Crippen LogP contribution in [0.5, 0.6) is 0 Å². The summed E-state index contributed by atoms with van der Waals surface area (Å²) in [5, 5.41) is 51.6. The van der Waals surface area contributed by atoms with Gasteiger partial charge in [0, 0.05) is 69.0 Å². The summed E-state index contributed by atoms with van der Waals surface area (Å²) in [5.41, 5.74) is -9.76. The molecular formula is C35H53NO11. The van der Waals surface area contributed by atoms with Gasteiger partial charge in [0.1, 0.15) is 28.5 Å². The van der Waals surface area contributed by atoms with E-state index in [2.05, 4.69) is 18.7 Å². The van der Waals surface area contributed by atoms with Crippen molar-refractivity contribution in [3.8, 4) is 0 Å². The van der Waals surface area contributed by atoms with Crippen LogP contribution in [0.4, 0.5) is 0 Å². The van der Waals surface area contributed by atoms with Gasteiger partial charge in [-0.1, -0.05) is 27.7 Å². The van der Waals surface area contributed by atoms with Gasteiger partial charge in [0.25, 0.3) is 5.79 Å². The minimum atomic E-state index is -2.09. The fourth-order valence-corrected chi connectivity index (χ4v) is 12.4. The summed E-state index contributed by atoms with van der Waals surface area (Å²) >= 11 is 0. The predicted molar refractivity (Wildman–Crippen MR) is 164 cm³/mol. The van der Waals surface area contributed by atoms with Crippen LogP contribution < -0.4 is 0 Å². The monoisotopic (exact) mass is 663 g/mol. The number of fused-ring (bicyclic) bond motifs is 5. The molecule has 14 atom stereocenters. The molecule has 3 saturated heterocycles. The highest BCUT2D eigenvalue weighted by molar-refractivity contribution is 5.72. The first-order valence-corrected chi connectivity index (χ1v) is 17.6. The van der Waals surface area contributed by atoms with Crippen LogP contribution in [-0.2, 0) is 33.3 Å². The molecule has 4 bridgehead atoms. The molecular weight excluding hydrogens is 610 g/mol. The van der Waals surface area contributed by atoms with Gasteiger partial charge in [-0.05, 0) is 51.4 Å². The molecule has 0 aromatic carbocycles. The number of hydrogen-bond acceptors (Lipinski definition) is 12. The SMILES string of the molecule is CC(=O)O[C@H]1C[C@@]2(O)[C@@H]3CC[C@@H]4[C@]5(OC(C)=O)O[C@@]3(C[C@@]2(O)[C@@H]2CN3C[C@@H](C)CC[C@H]3[C@@](C)(O)[C@@]12O)[C@@]4(C)CC[C@@H]5OC(=O)C(C)C. The molecule has 0 unspecified atom stereocenters. The minimum Gasteiger partial charge on any atom is -0.459 e. The Morgan fingerprint density at radius 3 is 2.15 bits per heavy atom. The predicted octanol–water partition coefficient (Wildman–Crippen LogP) is 1.82. The third-order valence-electron chi connectivity index (χ3n) is 14.3. The fraction of sp³-hybridized carbons (Fsp3) is 0.914. The number of hydrogen-bond donors (Lipinski definition) is 4. The van der Waals surface area contributed by atoms with Crippen molar-refractivity contribution in [2.24, 2.45) is 35.0 Å². The van der Waals surface area contributed by atoms with E-state index in [0.717, 1.165) is 6.42 Å². The van der Waals surface area contributed by atoms with Crippen LogP contribution in [0.25, 0.3) is 0 Å². The van der Waals surface area contributed by atoms with Crippen LogP contribution in [0.15, 0.2) is 0 Å². The molecule has 12 heteroatoms. The van der Waals surface area contributed by atoms with Crippen LogP contribution >= 0.6 is 0 Å². The van der Waals surface area contributed by atoms with Crippen LogP contribution in [-0.4, -0.2) is 108 Å². The zero-order valence-electron chi connectivity index (χ0n) is 28.8. The van der Waals surface area contributed by atoms with Gasteiger partial charge in [-0.15, -0.1) is 0 Å². The molecule has 264 valence electrons. The van der Waals surface area contributed by atoms with Crippen LogP contribution in [0.3, 0.4) is 0 Å².